The molecule has 1 aliphatic rings. The second-order valence-electron chi connectivity index (χ2n) is 15.9. The first kappa shape index (κ1) is 47.0. The van der Waals surface area contributed by atoms with E-state index in [9.17, 15) is 29.1 Å². The molecule has 2 N–H and O–H groups in total. The molecular weight excluding hydrogens is 690 g/mol. The molecule has 1 heterocycles. The van der Waals surface area contributed by atoms with Crippen molar-refractivity contribution in [3.8, 4) is 0 Å². The van der Waals surface area contributed by atoms with Gasteiger partial charge >= 0.3 is 5.97 Å². The molecule has 0 unspecified atom stereocenters. The van der Waals surface area contributed by atoms with E-state index in [4.69, 9.17) is 14.2 Å². The third-order valence-corrected chi connectivity index (χ3v) is 11.7. The second kappa shape index (κ2) is 22.4. The standard InChI is InChI=1S/C42H69N3O9/c1-13-27(6)39(44(9)41(49)32(25(2)3)22-35(47)38(43-8)26(4)5)36(53-11)23-37(48)45-24-31(52-10)21-33(45)40(54-12)28(7)34(46)20-30(42(50)51)19-29-17-15-14-16-18-29/h14-18,25-28,30-33,36,38-40,43H,13,19-24H2,1-12H3,(H,50,51)/t27-,28-,30+,31+,32-,33-,36+,38-,39-,40+/m0/s1. The van der Waals surface area contributed by atoms with Crippen LogP contribution in [0.5, 0.6) is 0 Å². The number of carbonyl (C=O) groups is 5. The van der Waals surface area contributed by atoms with Crippen LogP contribution in [0.4, 0.5) is 0 Å². The van der Waals surface area contributed by atoms with Gasteiger partial charge in [0.25, 0.3) is 0 Å². The van der Waals surface area contributed by atoms with Gasteiger partial charge in [-0.1, -0.05) is 85.2 Å². The number of ether oxygens (including phenoxy) is 3. The Bertz CT molecular complexity index is 1360. The summed E-state index contributed by atoms with van der Waals surface area (Å²) >= 11 is 0. The number of methoxy groups -OCH3 is 3. The van der Waals surface area contributed by atoms with Gasteiger partial charge in [-0.05, 0) is 43.2 Å². The minimum atomic E-state index is -1.04. The predicted octanol–water partition coefficient (Wildman–Crippen LogP) is 4.91. The Balaban J connectivity index is 2.34. The van der Waals surface area contributed by atoms with Gasteiger partial charge in [0, 0.05) is 59.6 Å². The number of carbonyl (C=O) groups excluding carboxylic acids is 4. The lowest BCUT2D eigenvalue weighted by Crippen LogP contribution is -2.54. The zero-order valence-electron chi connectivity index (χ0n) is 34.9. The molecular formula is C42H69N3O9. The largest absolute Gasteiger partial charge is 0.481 e. The van der Waals surface area contributed by atoms with Crippen LogP contribution in [0.25, 0.3) is 0 Å². The average molecular weight is 760 g/mol. The molecule has 54 heavy (non-hydrogen) atoms. The molecule has 1 fully saturated rings. The average Bonchev–Trinajstić information content (AvgIpc) is 3.57. The van der Waals surface area contributed by atoms with Crippen molar-refractivity contribution < 1.29 is 43.3 Å². The normalized spacial score (nSPS) is 20.5. The first-order valence-corrected chi connectivity index (χ1v) is 19.6. The quantitative estimate of drug-likeness (QED) is 0.149. The van der Waals surface area contributed by atoms with Gasteiger partial charge in [0.05, 0.1) is 48.8 Å². The van der Waals surface area contributed by atoms with Crippen molar-refractivity contribution in [1.82, 2.24) is 15.1 Å². The number of rotatable bonds is 24. The second-order valence-corrected chi connectivity index (χ2v) is 15.9. The van der Waals surface area contributed by atoms with Crippen molar-refractivity contribution >= 4 is 29.4 Å². The van der Waals surface area contributed by atoms with Gasteiger partial charge in [-0.3, -0.25) is 24.0 Å². The number of likely N-dealkylation sites (tertiary alicyclic amines) is 1. The van der Waals surface area contributed by atoms with Crippen LogP contribution in [-0.2, 0) is 44.6 Å². The van der Waals surface area contributed by atoms with Crippen molar-refractivity contribution in [2.45, 2.75) is 123 Å². The summed E-state index contributed by atoms with van der Waals surface area (Å²) in [6, 6.07) is 7.89. The van der Waals surface area contributed by atoms with E-state index in [1.807, 2.05) is 71.9 Å². The molecule has 0 aliphatic carbocycles. The first-order valence-electron chi connectivity index (χ1n) is 19.6. The number of carboxylic acids is 1. The zero-order valence-corrected chi connectivity index (χ0v) is 34.9. The number of amides is 2. The van der Waals surface area contributed by atoms with Gasteiger partial charge in [-0.2, -0.15) is 0 Å². The summed E-state index contributed by atoms with van der Waals surface area (Å²) in [5.74, 6) is -3.88. The van der Waals surface area contributed by atoms with Crippen molar-refractivity contribution in [3.63, 3.8) is 0 Å². The number of Topliss-reactive ketones (excluding diaryl/α,β-unsaturated/α-hetero) is 2. The van der Waals surface area contributed by atoms with E-state index in [-0.39, 0.29) is 85.5 Å². The number of hydrogen-bond acceptors (Lipinski definition) is 9. The lowest BCUT2D eigenvalue weighted by Gasteiger charge is -2.41. The fourth-order valence-corrected chi connectivity index (χ4v) is 8.15. The maximum Gasteiger partial charge on any atom is 0.307 e. The van der Waals surface area contributed by atoms with Crippen molar-refractivity contribution in [2.75, 3.05) is 42.0 Å². The van der Waals surface area contributed by atoms with Gasteiger partial charge in [0.2, 0.25) is 11.8 Å². The minimum Gasteiger partial charge on any atom is -0.481 e. The number of likely N-dealkylation sites (N-methyl/N-ethyl adjacent to an activating group) is 2. The molecule has 0 radical (unpaired) electrons. The topological polar surface area (TPSA) is 152 Å². The van der Waals surface area contributed by atoms with Gasteiger partial charge in [-0.25, -0.2) is 0 Å². The van der Waals surface area contributed by atoms with E-state index in [0.29, 0.717) is 6.42 Å². The van der Waals surface area contributed by atoms with Crippen LogP contribution < -0.4 is 5.32 Å². The Labute approximate surface area is 324 Å². The molecule has 12 nitrogen and oxygen atoms in total. The van der Waals surface area contributed by atoms with Gasteiger partial charge < -0.3 is 34.4 Å². The number of benzene rings is 1. The number of aliphatic carboxylic acids is 1. The highest BCUT2D eigenvalue weighted by atomic mass is 16.5. The Morgan fingerprint density at radius 1 is 0.907 bits per heavy atom. The molecule has 1 aromatic carbocycles. The highest BCUT2D eigenvalue weighted by molar-refractivity contribution is 5.90. The first-order chi connectivity index (χ1) is 25.5. The summed E-state index contributed by atoms with van der Waals surface area (Å²) in [6.45, 7) is 13.9. The summed E-state index contributed by atoms with van der Waals surface area (Å²) < 4.78 is 17.7. The lowest BCUT2D eigenvalue weighted by molar-refractivity contribution is -0.149. The maximum absolute atomic E-state index is 14.4. The predicted molar refractivity (Wildman–Crippen MR) is 209 cm³/mol. The Kier molecular flexibility index (Phi) is 19.5. The molecule has 0 bridgehead atoms. The fraction of sp³-hybridized carbons (Fsp3) is 0.738. The van der Waals surface area contributed by atoms with Gasteiger partial charge in [0.15, 0.2) is 5.78 Å². The van der Waals surface area contributed by atoms with Crippen molar-refractivity contribution in [1.29, 1.82) is 0 Å². The van der Waals surface area contributed by atoms with Crippen molar-refractivity contribution in [2.24, 2.45) is 35.5 Å². The third kappa shape index (κ3) is 12.4. The molecule has 2 rings (SSSR count). The number of nitrogens with one attached hydrogen (secondary N) is 1. The molecule has 0 saturated carbocycles. The molecule has 12 heteroatoms. The van der Waals surface area contributed by atoms with Gasteiger partial charge in [-0.15, -0.1) is 0 Å². The molecule has 1 aliphatic heterocycles. The molecule has 10 atom stereocenters. The van der Waals surface area contributed by atoms with E-state index in [2.05, 4.69) is 5.32 Å². The molecule has 1 aromatic rings. The summed E-state index contributed by atoms with van der Waals surface area (Å²) in [6.07, 6.45) is -0.381. The molecule has 0 spiro atoms. The monoisotopic (exact) mass is 760 g/mol. The summed E-state index contributed by atoms with van der Waals surface area (Å²) in [4.78, 5) is 71.2. The van der Waals surface area contributed by atoms with Crippen LogP contribution in [0.15, 0.2) is 30.3 Å². The molecule has 0 aromatic heterocycles. The van der Waals surface area contributed by atoms with Crippen LogP contribution in [0.3, 0.4) is 0 Å². The lowest BCUT2D eigenvalue weighted by atomic mass is 9.84. The summed E-state index contributed by atoms with van der Waals surface area (Å²) in [5.41, 5.74) is 0.835. The van der Waals surface area contributed by atoms with Gasteiger partial charge in [0.1, 0.15) is 5.78 Å². The van der Waals surface area contributed by atoms with Crippen LogP contribution in [0.2, 0.25) is 0 Å². The van der Waals surface area contributed by atoms with Crippen molar-refractivity contribution in [3.05, 3.63) is 35.9 Å². The molecule has 1 saturated heterocycles. The van der Waals surface area contributed by atoms with Crippen LogP contribution in [0, 0.1) is 35.5 Å². The maximum atomic E-state index is 14.4. The van der Waals surface area contributed by atoms with Crippen LogP contribution >= 0.6 is 0 Å². The zero-order chi connectivity index (χ0) is 40.9. The van der Waals surface area contributed by atoms with E-state index in [1.165, 1.54) is 7.11 Å². The summed E-state index contributed by atoms with van der Waals surface area (Å²) in [5, 5.41) is 13.1. The van der Waals surface area contributed by atoms with E-state index >= 15 is 0 Å². The van der Waals surface area contributed by atoms with E-state index in [0.717, 1.165) is 12.0 Å². The highest BCUT2D eigenvalue weighted by Gasteiger charge is 2.46. The van der Waals surface area contributed by atoms with E-state index in [1.54, 1.807) is 45.0 Å². The Morgan fingerprint density at radius 2 is 1.54 bits per heavy atom. The SMILES string of the molecule is CC[C@H](C)[C@@H]([C@@H](CC(=O)N1C[C@H](OC)C[C@H]1[C@H](OC)[C@@H](C)C(=O)C[C@@H](Cc1ccccc1)C(=O)O)OC)N(C)C(=O)[C@@H](CC(=O)[C@@H](NC)C(C)C)C(C)C. The number of nitrogens with zero attached hydrogens (tertiary/aromatic N) is 2. The highest BCUT2D eigenvalue weighted by Crippen LogP contribution is 2.32. The number of hydrogen-bond donors (Lipinski definition) is 2. The number of ketones is 2. The Hall–Kier alpha value is -3.19. The molecule has 2 amide bonds. The third-order valence-electron chi connectivity index (χ3n) is 11.7. The fourth-order valence-electron chi connectivity index (χ4n) is 8.15. The van der Waals surface area contributed by atoms with Crippen LogP contribution in [-0.4, -0.2) is 123 Å². The summed E-state index contributed by atoms with van der Waals surface area (Å²) in [7, 11) is 8.13. The minimum absolute atomic E-state index is 0.00522. The smallest absolute Gasteiger partial charge is 0.307 e. The van der Waals surface area contributed by atoms with Crippen LogP contribution in [0.1, 0.15) is 86.1 Å². The van der Waals surface area contributed by atoms with E-state index < -0.39 is 48.0 Å². The molecule has 306 valence electrons. The Morgan fingerprint density at radius 3 is 2.02 bits per heavy atom. The number of carboxylic acid groups (broad SMARTS) is 1.